The Morgan fingerprint density at radius 3 is 2.96 bits per heavy atom. The molecular formula is C22H22ClN3O2. The lowest BCUT2D eigenvalue weighted by Crippen LogP contribution is -2.37. The molecule has 0 bridgehead atoms. The number of anilines is 1. The molecule has 0 spiro atoms. The highest BCUT2D eigenvalue weighted by Gasteiger charge is 2.37. The molecule has 3 aromatic rings. The lowest BCUT2D eigenvalue weighted by molar-refractivity contribution is -0.132. The minimum Gasteiger partial charge on any atom is -0.361 e. The van der Waals surface area contributed by atoms with Crippen LogP contribution in [0, 0.1) is 12.8 Å². The summed E-state index contributed by atoms with van der Waals surface area (Å²) >= 11 is 6.08. The smallest absolute Gasteiger partial charge is 0.239 e. The second kappa shape index (κ2) is 7.68. The van der Waals surface area contributed by atoms with Crippen molar-refractivity contribution in [3.63, 3.8) is 0 Å². The molecule has 1 aromatic heterocycles. The van der Waals surface area contributed by atoms with Crippen LogP contribution in [-0.2, 0) is 16.0 Å². The average molecular weight is 396 g/mol. The molecular weight excluding hydrogens is 374 g/mol. The maximum atomic E-state index is 12.7. The van der Waals surface area contributed by atoms with Gasteiger partial charge in [0, 0.05) is 40.9 Å². The van der Waals surface area contributed by atoms with Crippen LogP contribution in [0.25, 0.3) is 10.9 Å². The molecule has 5 nitrogen and oxygen atoms in total. The second-order valence-corrected chi connectivity index (χ2v) is 7.65. The Balaban J connectivity index is 1.36. The van der Waals surface area contributed by atoms with Gasteiger partial charge in [0.1, 0.15) is 5.92 Å². The van der Waals surface area contributed by atoms with Gasteiger partial charge in [-0.25, -0.2) is 0 Å². The number of H-pyrrole nitrogens is 1. The van der Waals surface area contributed by atoms with Crippen molar-refractivity contribution in [2.24, 2.45) is 5.92 Å². The summed E-state index contributed by atoms with van der Waals surface area (Å²) in [6, 6.07) is 13.5. The zero-order valence-corrected chi connectivity index (χ0v) is 16.4. The highest BCUT2D eigenvalue weighted by molar-refractivity contribution is 6.31. The fourth-order valence-electron chi connectivity index (χ4n) is 3.78. The zero-order valence-electron chi connectivity index (χ0n) is 15.7. The lowest BCUT2D eigenvalue weighted by atomic mass is 10.1. The normalized spacial score (nSPS) is 16.7. The number of carbonyl (C=O) groups excluding carboxylic acids is 2. The molecule has 1 atom stereocenters. The van der Waals surface area contributed by atoms with E-state index >= 15 is 0 Å². The molecule has 1 fully saturated rings. The van der Waals surface area contributed by atoms with Gasteiger partial charge in [-0.15, -0.1) is 0 Å². The van der Waals surface area contributed by atoms with E-state index in [1.807, 2.05) is 55.6 Å². The highest BCUT2D eigenvalue weighted by atomic mass is 35.5. The van der Waals surface area contributed by atoms with E-state index in [2.05, 4.69) is 10.3 Å². The van der Waals surface area contributed by atoms with Gasteiger partial charge in [0.05, 0.1) is 0 Å². The molecule has 28 heavy (non-hydrogen) atoms. The summed E-state index contributed by atoms with van der Waals surface area (Å²) in [7, 11) is 0. The summed E-state index contributed by atoms with van der Waals surface area (Å²) in [6.07, 6.45) is 3.16. The van der Waals surface area contributed by atoms with E-state index < -0.39 is 5.92 Å². The summed E-state index contributed by atoms with van der Waals surface area (Å²) in [4.78, 5) is 30.2. The Hall–Kier alpha value is -2.79. The van der Waals surface area contributed by atoms with E-state index in [4.69, 9.17) is 11.6 Å². The first kappa shape index (κ1) is 18.6. The largest absolute Gasteiger partial charge is 0.361 e. The standard InChI is InChI=1S/C22H22ClN3O2/c1-14-3-2-4-17(11-14)26-10-8-18(22(26)28)21(27)24-9-7-15-13-25-20-6-5-16(23)12-19(15)20/h2-6,11-13,18,25H,7-10H2,1H3,(H,24,27). The molecule has 2 heterocycles. The molecule has 1 unspecified atom stereocenters. The molecule has 0 radical (unpaired) electrons. The van der Waals surface area contributed by atoms with Gasteiger partial charge in [-0.2, -0.15) is 0 Å². The number of benzene rings is 2. The number of carbonyl (C=O) groups is 2. The Kier molecular flexibility index (Phi) is 5.09. The quantitative estimate of drug-likeness (QED) is 0.644. The number of aromatic amines is 1. The molecule has 4 rings (SSSR count). The SMILES string of the molecule is Cc1cccc(N2CCC(C(=O)NCCc3c[nH]c4ccc(Cl)cc34)C2=O)c1. The van der Waals surface area contributed by atoms with Crippen LogP contribution in [0.15, 0.2) is 48.7 Å². The van der Waals surface area contributed by atoms with E-state index in [1.54, 1.807) is 4.90 Å². The van der Waals surface area contributed by atoms with Crippen molar-refractivity contribution in [2.75, 3.05) is 18.0 Å². The molecule has 2 amide bonds. The van der Waals surface area contributed by atoms with Crippen LogP contribution in [0.4, 0.5) is 5.69 Å². The summed E-state index contributed by atoms with van der Waals surface area (Å²) in [6.45, 7) is 3.04. The van der Waals surface area contributed by atoms with Gasteiger partial charge in [-0.3, -0.25) is 9.59 Å². The number of aryl methyl sites for hydroxylation is 1. The van der Waals surface area contributed by atoms with E-state index in [0.717, 1.165) is 27.7 Å². The van der Waals surface area contributed by atoms with Crippen molar-refractivity contribution < 1.29 is 9.59 Å². The number of rotatable bonds is 5. The van der Waals surface area contributed by atoms with Crippen LogP contribution in [0.1, 0.15) is 17.5 Å². The number of halogens is 1. The van der Waals surface area contributed by atoms with E-state index in [1.165, 1.54) is 0 Å². The van der Waals surface area contributed by atoms with Crippen molar-refractivity contribution in [3.8, 4) is 0 Å². The number of aromatic nitrogens is 1. The van der Waals surface area contributed by atoms with Gasteiger partial charge in [0.2, 0.25) is 11.8 Å². The van der Waals surface area contributed by atoms with Gasteiger partial charge < -0.3 is 15.2 Å². The van der Waals surface area contributed by atoms with Crippen LogP contribution >= 0.6 is 11.6 Å². The zero-order chi connectivity index (χ0) is 19.7. The first-order chi connectivity index (χ1) is 13.5. The first-order valence-corrected chi connectivity index (χ1v) is 9.82. The van der Waals surface area contributed by atoms with Crippen LogP contribution < -0.4 is 10.2 Å². The summed E-state index contributed by atoms with van der Waals surface area (Å²) in [5, 5.41) is 4.67. The van der Waals surface area contributed by atoms with Crippen LogP contribution in [0.2, 0.25) is 5.02 Å². The van der Waals surface area contributed by atoms with Crippen LogP contribution in [0.5, 0.6) is 0 Å². The Labute approximate surface area is 168 Å². The van der Waals surface area contributed by atoms with Crippen molar-refractivity contribution in [3.05, 3.63) is 64.8 Å². The number of amides is 2. The molecule has 1 aliphatic rings. The third-order valence-corrected chi connectivity index (χ3v) is 5.49. The highest BCUT2D eigenvalue weighted by Crippen LogP contribution is 2.26. The van der Waals surface area contributed by atoms with Crippen molar-refractivity contribution >= 4 is 40.0 Å². The molecule has 1 aliphatic heterocycles. The minimum absolute atomic E-state index is 0.123. The minimum atomic E-state index is -0.613. The van der Waals surface area contributed by atoms with Gasteiger partial charge in [-0.05, 0) is 61.2 Å². The Morgan fingerprint density at radius 1 is 1.29 bits per heavy atom. The lowest BCUT2D eigenvalue weighted by Gasteiger charge is -2.17. The second-order valence-electron chi connectivity index (χ2n) is 7.21. The Morgan fingerprint density at radius 2 is 2.14 bits per heavy atom. The topological polar surface area (TPSA) is 65.2 Å². The van der Waals surface area contributed by atoms with Gasteiger partial charge in [0.15, 0.2) is 0 Å². The van der Waals surface area contributed by atoms with Crippen molar-refractivity contribution in [2.45, 2.75) is 19.8 Å². The summed E-state index contributed by atoms with van der Waals surface area (Å²) in [5.41, 5.74) is 4.07. The molecule has 2 aromatic carbocycles. The summed E-state index contributed by atoms with van der Waals surface area (Å²) in [5.74, 6) is -0.932. The van der Waals surface area contributed by atoms with Gasteiger partial charge in [-0.1, -0.05) is 23.7 Å². The molecule has 0 saturated carbocycles. The third-order valence-electron chi connectivity index (χ3n) is 5.26. The fourth-order valence-corrected chi connectivity index (χ4v) is 3.95. The van der Waals surface area contributed by atoms with E-state index in [0.29, 0.717) is 31.0 Å². The number of hydrogen-bond acceptors (Lipinski definition) is 2. The third kappa shape index (κ3) is 3.62. The Bertz CT molecular complexity index is 1040. The number of fused-ring (bicyclic) bond motifs is 1. The predicted molar refractivity (Wildman–Crippen MR) is 112 cm³/mol. The van der Waals surface area contributed by atoms with Gasteiger partial charge >= 0.3 is 0 Å². The summed E-state index contributed by atoms with van der Waals surface area (Å²) < 4.78 is 0. The van der Waals surface area contributed by atoms with Crippen LogP contribution in [0.3, 0.4) is 0 Å². The molecule has 1 saturated heterocycles. The molecule has 144 valence electrons. The van der Waals surface area contributed by atoms with Crippen molar-refractivity contribution in [1.82, 2.24) is 10.3 Å². The molecule has 0 aliphatic carbocycles. The predicted octanol–water partition coefficient (Wildman–Crippen LogP) is 3.84. The van der Waals surface area contributed by atoms with E-state index in [-0.39, 0.29) is 11.8 Å². The van der Waals surface area contributed by atoms with Crippen LogP contribution in [-0.4, -0.2) is 29.9 Å². The first-order valence-electron chi connectivity index (χ1n) is 9.44. The average Bonchev–Trinajstić information content (AvgIpc) is 3.25. The molecule has 2 N–H and O–H groups in total. The number of nitrogens with one attached hydrogen (secondary N) is 2. The number of hydrogen-bond donors (Lipinski definition) is 2. The van der Waals surface area contributed by atoms with Gasteiger partial charge in [0.25, 0.3) is 0 Å². The fraction of sp³-hybridized carbons (Fsp3) is 0.273. The van der Waals surface area contributed by atoms with Crippen molar-refractivity contribution in [1.29, 1.82) is 0 Å². The monoisotopic (exact) mass is 395 g/mol. The maximum Gasteiger partial charge on any atom is 0.239 e. The van der Waals surface area contributed by atoms with E-state index in [9.17, 15) is 9.59 Å². The molecule has 6 heteroatoms. The number of nitrogens with zero attached hydrogens (tertiary/aromatic N) is 1. The maximum absolute atomic E-state index is 12.7.